The molecule has 0 saturated carbocycles. The van der Waals surface area contributed by atoms with Gasteiger partial charge in [0, 0.05) is 6.08 Å². The number of hydrogen-bond acceptors (Lipinski definition) is 6. The Bertz CT molecular complexity index is 179. The predicted molar refractivity (Wildman–Crippen MR) is 55.0 cm³/mol. The van der Waals surface area contributed by atoms with Crippen molar-refractivity contribution in [1.82, 2.24) is 4.90 Å². The molecule has 0 saturated heterocycles. The van der Waals surface area contributed by atoms with E-state index >= 15 is 0 Å². The van der Waals surface area contributed by atoms with Crippen LogP contribution in [-0.4, -0.2) is 66.3 Å². The summed E-state index contributed by atoms with van der Waals surface area (Å²) in [6, 6.07) is 0. The molecule has 1 unspecified atom stereocenters. The molecule has 0 rings (SSSR count). The normalized spacial score (nSPS) is 11.7. The largest absolute Gasteiger partial charge is 0.460 e. The maximum atomic E-state index is 10.3. The van der Waals surface area contributed by atoms with E-state index in [0.717, 1.165) is 6.08 Å². The predicted octanol–water partition coefficient (Wildman–Crippen LogP) is -1.43. The smallest absolute Gasteiger partial charge is 0.330 e. The van der Waals surface area contributed by atoms with Gasteiger partial charge in [-0.1, -0.05) is 6.58 Å². The van der Waals surface area contributed by atoms with Crippen LogP contribution in [-0.2, 0) is 9.53 Å². The van der Waals surface area contributed by atoms with Crippen LogP contribution in [0, 0.1) is 0 Å². The summed E-state index contributed by atoms with van der Waals surface area (Å²) < 4.78 is 4.29. The third kappa shape index (κ3) is 15.8. The van der Waals surface area contributed by atoms with Crippen LogP contribution in [0.25, 0.3) is 0 Å². The van der Waals surface area contributed by atoms with Gasteiger partial charge in [-0.25, -0.2) is 4.79 Å². The number of aliphatic hydroxyl groups is 3. The second-order valence-electron chi connectivity index (χ2n) is 3.16. The first kappa shape index (κ1) is 16.5. The number of esters is 1. The van der Waals surface area contributed by atoms with Crippen molar-refractivity contribution in [2.24, 2.45) is 0 Å². The topological polar surface area (TPSA) is 90.2 Å². The molecule has 1 atom stereocenters. The van der Waals surface area contributed by atoms with Crippen LogP contribution in [0.4, 0.5) is 0 Å². The first-order valence-electron chi connectivity index (χ1n) is 4.25. The first-order valence-corrected chi connectivity index (χ1v) is 4.25. The van der Waals surface area contributed by atoms with Gasteiger partial charge in [-0.2, -0.15) is 0 Å². The minimum absolute atomic E-state index is 0.456. The molecule has 0 aromatic rings. The highest BCUT2D eigenvalue weighted by atomic mass is 16.6. The number of aliphatic hydroxyl groups excluding tert-OH is 2. The quantitative estimate of drug-likeness (QED) is 0.306. The Morgan fingerprint density at radius 1 is 1.40 bits per heavy atom. The van der Waals surface area contributed by atoms with Gasteiger partial charge in [0.1, 0.15) is 12.7 Å². The maximum Gasteiger partial charge on any atom is 0.330 e. The van der Waals surface area contributed by atoms with Crippen LogP contribution < -0.4 is 0 Å². The van der Waals surface area contributed by atoms with E-state index in [9.17, 15) is 4.79 Å². The summed E-state index contributed by atoms with van der Waals surface area (Å²) in [7, 11) is 6.00. The van der Waals surface area contributed by atoms with Gasteiger partial charge in [-0.15, -0.1) is 0 Å². The van der Waals surface area contributed by atoms with Gasteiger partial charge in [0.05, 0.1) is 0 Å². The van der Waals surface area contributed by atoms with Crippen molar-refractivity contribution in [1.29, 1.82) is 0 Å². The first-order chi connectivity index (χ1) is 6.81. The minimum atomic E-state index is -1.90. The zero-order chi connectivity index (χ0) is 12.4. The highest BCUT2D eigenvalue weighted by molar-refractivity contribution is 5.81. The highest BCUT2D eigenvalue weighted by Crippen LogP contribution is 1.90. The lowest BCUT2D eigenvalue weighted by molar-refractivity contribution is -0.158. The molecule has 15 heavy (non-hydrogen) atoms. The summed E-state index contributed by atoms with van der Waals surface area (Å²) in [4.78, 5) is 12.3. The van der Waals surface area contributed by atoms with Crippen LogP contribution in [0.15, 0.2) is 12.7 Å². The molecule has 0 aromatic carbocycles. The number of carbonyl (C=O) groups excluding carboxylic acids is 1. The second kappa shape index (κ2) is 9.60. The Morgan fingerprint density at radius 3 is 2.07 bits per heavy atom. The molecule has 0 fully saturated rings. The average molecular weight is 221 g/mol. The molecule has 0 bridgehead atoms. The lowest BCUT2D eigenvalue weighted by Crippen LogP contribution is -2.30. The van der Waals surface area contributed by atoms with E-state index < -0.39 is 25.0 Å². The van der Waals surface area contributed by atoms with Crippen LogP contribution in [0.3, 0.4) is 0 Å². The molecule has 0 amide bonds. The van der Waals surface area contributed by atoms with Crippen molar-refractivity contribution in [2.45, 2.75) is 12.4 Å². The van der Waals surface area contributed by atoms with E-state index in [1.807, 2.05) is 26.0 Å². The van der Waals surface area contributed by atoms with Crippen LogP contribution in [0.5, 0.6) is 0 Å². The Balaban J connectivity index is 0. The zero-order valence-electron chi connectivity index (χ0n) is 9.25. The molecule has 0 aromatic heterocycles. The van der Waals surface area contributed by atoms with Gasteiger partial charge in [0.25, 0.3) is 0 Å². The lowest BCUT2D eigenvalue weighted by Gasteiger charge is -2.11. The SMILES string of the molecule is C=CC(=O)OCC(O)C(O)O.CN(C)C. The third-order valence-electron chi connectivity index (χ3n) is 0.907. The molecule has 6 nitrogen and oxygen atoms in total. The molecule has 6 heteroatoms. The molecule has 0 radical (unpaired) electrons. The van der Waals surface area contributed by atoms with Gasteiger partial charge in [0.2, 0.25) is 0 Å². The van der Waals surface area contributed by atoms with Crippen LogP contribution in [0.2, 0.25) is 0 Å². The highest BCUT2D eigenvalue weighted by Gasteiger charge is 2.13. The monoisotopic (exact) mass is 221 g/mol. The molecule has 0 aliphatic rings. The molecule has 0 aliphatic carbocycles. The summed E-state index contributed by atoms with van der Waals surface area (Å²) in [5.41, 5.74) is 0. The fourth-order valence-corrected chi connectivity index (χ4v) is 0.313. The van der Waals surface area contributed by atoms with E-state index in [0.29, 0.717) is 0 Å². The number of ether oxygens (including phenoxy) is 1. The zero-order valence-corrected chi connectivity index (χ0v) is 9.25. The second-order valence-corrected chi connectivity index (χ2v) is 3.16. The molecule has 3 N–H and O–H groups in total. The Kier molecular flexibility index (Phi) is 10.5. The van der Waals surface area contributed by atoms with Crippen molar-refractivity contribution >= 4 is 5.97 Å². The van der Waals surface area contributed by atoms with Crippen molar-refractivity contribution < 1.29 is 24.9 Å². The number of carbonyl (C=O) groups is 1. The van der Waals surface area contributed by atoms with Crippen molar-refractivity contribution in [2.75, 3.05) is 27.7 Å². The van der Waals surface area contributed by atoms with E-state index in [1.165, 1.54) is 0 Å². The minimum Gasteiger partial charge on any atom is -0.460 e. The van der Waals surface area contributed by atoms with E-state index in [1.54, 1.807) is 0 Å². The van der Waals surface area contributed by atoms with Crippen molar-refractivity contribution in [3.05, 3.63) is 12.7 Å². The maximum absolute atomic E-state index is 10.3. The summed E-state index contributed by atoms with van der Waals surface area (Å²) in [6.07, 6.45) is -2.46. The lowest BCUT2D eigenvalue weighted by atomic mass is 10.4. The molecular weight excluding hydrogens is 202 g/mol. The third-order valence-corrected chi connectivity index (χ3v) is 0.907. The van der Waals surface area contributed by atoms with Crippen molar-refractivity contribution in [3.63, 3.8) is 0 Å². The molecule has 90 valence electrons. The molecule has 0 heterocycles. The summed E-state index contributed by atoms with van der Waals surface area (Å²) >= 11 is 0. The number of hydrogen-bond donors (Lipinski definition) is 3. The average Bonchev–Trinajstić information content (AvgIpc) is 2.12. The van der Waals surface area contributed by atoms with E-state index in [-0.39, 0.29) is 0 Å². The van der Waals surface area contributed by atoms with Gasteiger partial charge < -0.3 is 25.0 Å². The van der Waals surface area contributed by atoms with Gasteiger partial charge in [0.15, 0.2) is 6.29 Å². The Hall–Kier alpha value is -0.950. The fourth-order valence-electron chi connectivity index (χ4n) is 0.313. The van der Waals surface area contributed by atoms with Crippen LogP contribution >= 0.6 is 0 Å². The van der Waals surface area contributed by atoms with Crippen LogP contribution in [0.1, 0.15) is 0 Å². The Labute approximate surface area is 89.4 Å². The van der Waals surface area contributed by atoms with E-state index in [4.69, 9.17) is 15.3 Å². The van der Waals surface area contributed by atoms with Gasteiger partial charge in [-0.3, -0.25) is 0 Å². The number of nitrogens with zero attached hydrogens (tertiary/aromatic N) is 1. The summed E-state index contributed by atoms with van der Waals surface area (Å²) in [6.45, 7) is 2.65. The van der Waals surface area contributed by atoms with Gasteiger partial charge in [-0.05, 0) is 21.1 Å². The number of rotatable bonds is 4. The fraction of sp³-hybridized carbons (Fsp3) is 0.667. The molecule has 0 spiro atoms. The van der Waals surface area contributed by atoms with Gasteiger partial charge >= 0.3 is 5.97 Å². The van der Waals surface area contributed by atoms with Crippen molar-refractivity contribution in [3.8, 4) is 0 Å². The summed E-state index contributed by atoms with van der Waals surface area (Å²) in [5.74, 6) is -0.718. The standard InChI is InChI=1S/C6H10O5.C3H9N/c1-2-5(8)11-3-4(7)6(9)10;1-4(2)3/h2,4,6-7,9-10H,1,3H2;1-3H3. The summed E-state index contributed by atoms with van der Waals surface area (Å²) in [5, 5.41) is 25.2. The Morgan fingerprint density at radius 2 is 1.80 bits per heavy atom. The molecule has 0 aliphatic heterocycles. The van der Waals surface area contributed by atoms with E-state index in [2.05, 4.69) is 11.3 Å². The molecular formula is C9H19NO5.